The van der Waals surface area contributed by atoms with Crippen molar-refractivity contribution in [2.45, 2.75) is 26.4 Å². The maximum Gasteiger partial charge on any atom is 0.258 e. The molecule has 1 aromatic carbocycles. The Labute approximate surface area is 112 Å². The van der Waals surface area contributed by atoms with E-state index >= 15 is 0 Å². The molecule has 0 bridgehead atoms. The van der Waals surface area contributed by atoms with E-state index in [2.05, 4.69) is 4.98 Å². The first-order valence-corrected chi connectivity index (χ1v) is 6.15. The summed E-state index contributed by atoms with van der Waals surface area (Å²) in [5, 5.41) is 9.77. The maximum atomic E-state index is 12.0. The summed E-state index contributed by atoms with van der Waals surface area (Å²) in [6, 6.07) is 5.64. The van der Waals surface area contributed by atoms with Crippen LogP contribution in [0.2, 0.25) is 0 Å². The van der Waals surface area contributed by atoms with Crippen LogP contribution in [0.25, 0.3) is 11.0 Å². The lowest BCUT2D eigenvalue weighted by Gasteiger charge is -2.25. The fourth-order valence-corrected chi connectivity index (χ4v) is 2.04. The quantitative estimate of drug-likeness (QED) is 0.893. The molecule has 0 radical (unpaired) electrons. The van der Waals surface area contributed by atoms with Crippen LogP contribution in [0.15, 0.2) is 18.2 Å². The van der Waals surface area contributed by atoms with Crippen molar-refractivity contribution in [2.24, 2.45) is 7.05 Å². The summed E-state index contributed by atoms with van der Waals surface area (Å²) in [4.78, 5) is 17.9. The van der Waals surface area contributed by atoms with Gasteiger partial charge >= 0.3 is 0 Å². The van der Waals surface area contributed by atoms with E-state index in [0.717, 1.165) is 22.5 Å². The Balaban J connectivity index is 2.44. The molecular formula is C14H19N3O2. The number of aryl methyl sites for hydroxylation is 2. The van der Waals surface area contributed by atoms with Crippen molar-refractivity contribution >= 4 is 22.6 Å². The standard InChI is InChI=1S/C14H19N3O2/c1-9-15-11-8-10(6-7-12(11)16(9)4)17(5)13(18)14(2,3)19/h6-8,19H,1-5H3. The van der Waals surface area contributed by atoms with E-state index in [1.807, 2.05) is 36.7 Å². The number of likely N-dealkylation sites (N-methyl/N-ethyl adjacent to an activating group) is 1. The molecule has 0 fully saturated rings. The highest BCUT2D eigenvalue weighted by atomic mass is 16.3. The molecule has 0 aliphatic heterocycles. The van der Waals surface area contributed by atoms with Gasteiger partial charge in [0.05, 0.1) is 11.0 Å². The summed E-state index contributed by atoms with van der Waals surface area (Å²) in [5.41, 5.74) is 1.19. The van der Waals surface area contributed by atoms with E-state index in [4.69, 9.17) is 0 Å². The van der Waals surface area contributed by atoms with Crippen LogP contribution < -0.4 is 4.90 Å². The number of carbonyl (C=O) groups excluding carboxylic acids is 1. The van der Waals surface area contributed by atoms with Gasteiger partial charge in [0.15, 0.2) is 0 Å². The number of fused-ring (bicyclic) bond motifs is 1. The van der Waals surface area contributed by atoms with E-state index in [1.165, 1.54) is 18.7 Å². The van der Waals surface area contributed by atoms with Crippen LogP contribution in [-0.4, -0.2) is 33.2 Å². The number of aromatic nitrogens is 2. The SMILES string of the molecule is Cc1nc2cc(N(C)C(=O)C(C)(C)O)ccc2n1C. The van der Waals surface area contributed by atoms with Crippen LogP contribution in [-0.2, 0) is 11.8 Å². The highest BCUT2D eigenvalue weighted by molar-refractivity contribution is 5.99. The number of carbonyl (C=O) groups is 1. The summed E-state index contributed by atoms with van der Waals surface area (Å²) in [6.07, 6.45) is 0. The van der Waals surface area contributed by atoms with E-state index in [0.29, 0.717) is 0 Å². The highest BCUT2D eigenvalue weighted by Crippen LogP contribution is 2.23. The van der Waals surface area contributed by atoms with Crippen molar-refractivity contribution in [3.63, 3.8) is 0 Å². The molecule has 1 N–H and O–H groups in total. The Morgan fingerprint density at radius 1 is 1.42 bits per heavy atom. The lowest BCUT2D eigenvalue weighted by atomic mass is 10.1. The zero-order valence-electron chi connectivity index (χ0n) is 11.9. The number of benzene rings is 1. The van der Waals surface area contributed by atoms with E-state index in [1.54, 1.807) is 7.05 Å². The molecule has 0 unspecified atom stereocenters. The van der Waals surface area contributed by atoms with Crippen LogP contribution in [0.4, 0.5) is 5.69 Å². The molecule has 102 valence electrons. The van der Waals surface area contributed by atoms with Gasteiger partial charge < -0.3 is 14.6 Å². The number of anilines is 1. The second kappa shape index (κ2) is 4.35. The average molecular weight is 261 g/mol. The van der Waals surface area contributed by atoms with E-state index < -0.39 is 5.60 Å². The molecule has 0 saturated carbocycles. The molecule has 1 aromatic heterocycles. The summed E-state index contributed by atoms with van der Waals surface area (Å²) >= 11 is 0. The van der Waals surface area contributed by atoms with Gasteiger partial charge in [-0.2, -0.15) is 0 Å². The number of hydrogen-bond acceptors (Lipinski definition) is 3. The van der Waals surface area contributed by atoms with Gasteiger partial charge in [-0.25, -0.2) is 4.98 Å². The first kappa shape index (κ1) is 13.5. The number of imidazole rings is 1. The largest absolute Gasteiger partial charge is 0.381 e. The summed E-state index contributed by atoms with van der Waals surface area (Å²) in [6.45, 7) is 4.90. The molecule has 19 heavy (non-hydrogen) atoms. The molecule has 1 heterocycles. The third kappa shape index (κ3) is 2.33. The minimum Gasteiger partial charge on any atom is -0.381 e. The van der Waals surface area contributed by atoms with Crippen molar-refractivity contribution in [2.75, 3.05) is 11.9 Å². The molecule has 1 amide bonds. The van der Waals surface area contributed by atoms with E-state index in [9.17, 15) is 9.90 Å². The molecule has 5 heteroatoms. The molecule has 0 aliphatic rings. The molecule has 0 aliphatic carbocycles. The molecular weight excluding hydrogens is 242 g/mol. The number of aliphatic hydroxyl groups is 1. The fraction of sp³-hybridized carbons (Fsp3) is 0.429. The maximum absolute atomic E-state index is 12.0. The predicted molar refractivity (Wildman–Crippen MR) is 75.2 cm³/mol. The minimum atomic E-state index is -1.39. The Bertz CT molecular complexity index is 638. The lowest BCUT2D eigenvalue weighted by molar-refractivity contribution is -0.133. The van der Waals surface area contributed by atoms with Gasteiger partial charge in [-0.3, -0.25) is 4.79 Å². The normalized spacial score (nSPS) is 11.9. The lowest BCUT2D eigenvalue weighted by Crippen LogP contribution is -2.43. The van der Waals surface area contributed by atoms with Crippen LogP contribution in [0.1, 0.15) is 19.7 Å². The molecule has 0 saturated heterocycles. The van der Waals surface area contributed by atoms with Crippen molar-refractivity contribution in [1.82, 2.24) is 9.55 Å². The minimum absolute atomic E-state index is 0.348. The first-order chi connectivity index (χ1) is 8.71. The summed E-state index contributed by atoms with van der Waals surface area (Å²) in [5.74, 6) is 0.572. The zero-order valence-corrected chi connectivity index (χ0v) is 11.9. The fourth-order valence-electron chi connectivity index (χ4n) is 2.04. The van der Waals surface area contributed by atoms with Gasteiger partial charge in [-0.05, 0) is 39.0 Å². The van der Waals surface area contributed by atoms with Gasteiger partial charge in [-0.15, -0.1) is 0 Å². The van der Waals surface area contributed by atoms with Gasteiger partial charge in [0, 0.05) is 19.8 Å². The van der Waals surface area contributed by atoms with Gasteiger partial charge in [0.2, 0.25) is 0 Å². The van der Waals surface area contributed by atoms with Crippen molar-refractivity contribution in [1.29, 1.82) is 0 Å². The monoisotopic (exact) mass is 261 g/mol. The highest BCUT2D eigenvalue weighted by Gasteiger charge is 2.28. The third-order valence-corrected chi connectivity index (χ3v) is 3.30. The number of nitrogens with zero attached hydrogens (tertiary/aromatic N) is 3. The third-order valence-electron chi connectivity index (χ3n) is 3.30. The Morgan fingerprint density at radius 3 is 2.63 bits per heavy atom. The molecule has 2 aromatic rings. The number of hydrogen-bond donors (Lipinski definition) is 1. The second-order valence-electron chi connectivity index (χ2n) is 5.31. The molecule has 2 rings (SSSR count). The van der Waals surface area contributed by atoms with Crippen LogP contribution in [0.5, 0.6) is 0 Å². The van der Waals surface area contributed by atoms with Crippen molar-refractivity contribution in [3.8, 4) is 0 Å². The van der Waals surface area contributed by atoms with Crippen LogP contribution in [0.3, 0.4) is 0 Å². The van der Waals surface area contributed by atoms with Crippen molar-refractivity contribution in [3.05, 3.63) is 24.0 Å². The Morgan fingerprint density at radius 2 is 2.05 bits per heavy atom. The molecule has 0 atom stereocenters. The second-order valence-corrected chi connectivity index (χ2v) is 5.31. The molecule has 5 nitrogen and oxygen atoms in total. The summed E-state index contributed by atoms with van der Waals surface area (Å²) in [7, 11) is 3.60. The average Bonchev–Trinajstić information content (AvgIpc) is 2.61. The Kier molecular flexibility index (Phi) is 3.10. The first-order valence-electron chi connectivity index (χ1n) is 6.15. The van der Waals surface area contributed by atoms with Gasteiger partial charge in [-0.1, -0.05) is 0 Å². The van der Waals surface area contributed by atoms with Gasteiger partial charge in [0.25, 0.3) is 5.91 Å². The number of amides is 1. The zero-order chi connectivity index (χ0) is 14.4. The predicted octanol–water partition coefficient (Wildman–Crippen LogP) is 1.62. The number of rotatable bonds is 2. The van der Waals surface area contributed by atoms with E-state index in [-0.39, 0.29) is 5.91 Å². The molecule has 0 spiro atoms. The Hall–Kier alpha value is -1.88. The van der Waals surface area contributed by atoms with Crippen LogP contribution >= 0.6 is 0 Å². The van der Waals surface area contributed by atoms with Gasteiger partial charge in [0.1, 0.15) is 11.4 Å². The topological polar surface area (TPSA) is 58.4 Å². The summed E-state index contributed by atoms with van der Waals surface area (Å²) < 4.78 is 2.00. The van der Waals surface area contributed by atoms with Crippen LogP contribution in [0, 0.1) is 6.92 Å². The van der Waals surface area contributed by atoms with Crippen molar-refractivity contribution < 1.29 is 9.90 Å². The smallest absolute Gasteiger partial charge is 0.258 e.